The average Bonchev–Trinajstić information content (AvgIpc) is 2.66. The van der Waals surface area contributed by atoms with Gasteiger partial charge in [-0.2, -0.15) is 0 Å². The van der Waals surface area contributed by atoms with Crippen LogP contribution >= 0.6 is 11.6 Å². The van der Waals surface area contributed by atoms with Crippen LogP contribution in [0.15, 0.2) is 18.2 Å². The number of anilines is 1. The minimum atomic E-state index is -0.880. The Labute approximate surface area is 175 Å². The Morgan fingerprint density at radius 3 is 2.52 bits per heavy atom. The van der Waals surface area contributed by atoms with E-state index in [4.69, 9.17) is 25.8 Å². The summed E-state index contributed by atoms with van der Waals surface area (Å²) in [6, 6.07) is 5.23. The molecule has 156 valence electrons. The summed E-state index contributed by atoms with van der Waals surface area (Å²) < 4.78 is 16.7. The molecule has 4 aliphatic carbocycles. The van der Waals surface area contributed by atoms with Gasteiger partial charge in [0.05, 0.1) is 5.41 Å². The Bertz CT molecular complexity index is 842. The number of fused-ring (bicyclic) bond motifs is 1. The fraction of sp³-hybridized carbons (Fsp3) is 0.636. The number of alkyl halides is 1. The van der Waals surface area contributed by atoms with Gasteiger partial charge in [0.15, 0.2) is 17.6 Å². The van der Waals surface area contributed by atoms with Crippen LogP contribution in [0.4, 0.5) is 5.69 Å². The quantitative estimate of drug-likeness (QED) is 0.591. The second-order valence-corrected chi connectivity index (χ2v) is 10.1. The zero-order chi connectivity index (χ0) is 20.2. The van der Waals surface area contributed by atoms with Crippen LogP contribution in [-0.4, -0.2) is 36.1 Å². The van der Waals surface area contributed by atoms with Crippen LogP contribution in [0.25, 0.3) is 0 Å². The van der Waals surface area contributed by atoms with Crippen molar-refractivity contribution in [1.29, 1.82) is 0 Å². The lowest BCUT2D eigenvalue weighted by Crippen LogP contribution is -2.57. The highest BCUT2D eigenvalue weighted by Crippen LogP contribution is 2.64. The van der Waals surface area contributed by atoms with E-state index in [9.17, 15) is 9.59 Å². The first-order chi connectivity index (χ1) is 13.8. The van der Waals surface area contributed by atoms with Crippen LogP contribution in [0, 0.1) is 17.3 Å². The van der Waals surface area contributed by atoms with E-state index >= 15 is 0 Å². The fourth-order valence-electron chi connectivity index (χ4n) is 6.09. The molecule has 1 N–H and O–H groups in total. The molecule has 4 saturated carbocycles. The van der Waals surface area contributed by atoms with Crippen molar-refractivity contribution in [2.45, 2.75) is 56.4 Å². The zero-order valence-electron chi connectivity index (χ0n) is 16.5. The Balaban J connectivity index is 1.24. The van der Waals surface area contributed by atoms with Gasteiger partial charge in [0.25, 0.3) is 5.91 Å². The summed E-state index contributed by atoms with van der Waals surface area (Å²) in [6.07, 6.45) is 4.64. The van der Waals surface area contributed by atoms with E-state index < -0.39 is 11.5 Å². The highest BCUT2D eigenvalue weighted by Gasteiger charge is 2.61. The van der Waals surface area contributed by atoms with Crippen molar-refractivity contribution in [3.05, 3.63) is 18.2 Å². The third-order valence-electron chi connectivity index (χ3n) is 6.89. The lowest BCUT2D eigenvalue weighted by molar-refractivity contribution is -0.176. The van der Waals surface area contributed by atoms with Crippen molar-refractivity contribution in [3.8, 4) is 11.5 Å². The standard InChI is InChI=1S/C22H26ClNO5/c1-13(19(25)24-16-2-3-17-18(7-16)28-5-4-27-17)29-20(26)21-8-14-6-15(9-21)11-22(23,10-14)12-21/h2-3,7,13-15H,4-6,8-12H2,1H3,(H,24,25). The number of esters is 1. The van der Waals surface area contributed by atoms with Crippen LogP contribution in [0.1, 0.15) is 45.4 Å². The van der Waals surface area contributed by atoms with Crippen molar-refractivity contribution in [2.24, 2.45) is 17.3 Å². The van der Waals surface area contributed by atoms with E-state index in [2.05, 4.69) is 5.32 Å². The van der Waals surface area contributed by atoms with Crippen molar-refractivity contribution in [1.82, 2.24) is 0 Å². The SMILES string of the molecule is CC(OC(=O)C12CC3CC(CC(Cl)(C3)C1)C2)C(=O)Nc1ccc2c(c1)OCCO2. The predicted octanol–water partition coefficient (Wildman–Crippen LogP) is 3.91. The van der Waals surface area contributed by atoms with Crippen LogP contribution in [0.5, 0.6) is 11.5 Å². The van der Waals surface area contributed by atoms with E-state index in [1.54, 1.807) is 25.1 Å². The monoisotopic (exact) mass is 419 g/mol. The summed E-state index contributed by atoms with van der Waals surface area (Å²) in [7, 11) is 0. The minimum absolute atomic E-state index is 0.263. The number of hydrogen-bond donors (Lipinski definition) is 1. The molecule has 29 heavy (non-hydrogen) atoms. The summed E-state index contributed by atoms with van der Waals surface area (Å²) >= 11 is 6.82. The lowest BCUT2D eigenvalue weighted by atomic mass is 9.49. The first-order valence-electron chi connectivity index (χ1n) is 10.4. The number of rotatable bonds is 4. The summed E-state index contributed by atoms with van der Waals surface area (Å²) in [5.74, 6) is 1.64. The van der Waals surface area contributed by atoms with E-state index in [0.29, 0.717) is 48.7 Å². The molecule has 6 rings (SSSR count). The third kappa shape index (κ3) is 3.45. The maximum Gasteiger partial charge on any atom is 0.312 e. The van der Waals surface area contributed by atoms with Crippen molar-refractivity contribution in [2.75, 3.05) is 18.5 Å². The largest absolute Gasteiger partial charge is 0.486 e. The smallest absolute Gasteiger partial charge is 0.312 e. The number of carbonyl (C=O) groups is 2. The van der Waals surface area contributed by atoms with Crippen molar-refractivity contribution < 1.29 is 23.8 Å². The molecule has 1 aromatic carbocycles. The molecule has 1 aromatic rings. The zero-order valence-corrected chi connectivity index (χ0v) is 17.3. The molecule has 0 saturated heterocycles. The Hall–Kier alpha value is -1.95. The molecule has 3 unspecified atom stereocenters. The number of benzene rings is 1. The maximum atomic E-state index is 13.1. The van der Waals surface area contributed by atoms with Gasteiger partial charge in [-0.25, -0.2) is 0 Å². The van der Waals surface area contributed by atoms with E-state index in [1.165, 1.54) is 6.42 Å². The molecule has 4 bridgehead atoms. The summed E-state index contributed by atoms with van der Waals surface area (Å²) in [5.41, 5.74) is 0.0637. The molecule has 0 aromatic heterocycles. The number of nitrogens with one attached hydrogen (secondary N) is 1. The minimum Gasteiger partial charge on any atom is -0.486 e. The molecule has 0 radical (unpaired) electrons. The van der Waals surface area contributed by atoms with Gasteiger partial charge < -0.3 is 19.5 Å². The molecule has 1 amide bonds. The number of carbonyl (C=O) groups excluding carboxylic acids is 2. The lowest BCUT2D eigenvalue weighted by Gasteiger charge is -2.58. The topological polar surface area (TPSA) is 73.9 Å². The Morgan fingerprint density at radius 2 is 1.83 bits per heavy atom. The number of hydrogen-bond acceptors (Lipinski definition) is 5. The Morgan fingerprint density at radius 1 is 1.14 bits per heavy atom. The van der Waals surface area contributed by atoms with Gasteiger partial charge in [0, 0.05) is 16.6 Å². The van der Waals surface area contributed by atoms with Gasteiger partial charge in [-0.15, -0.1) is 11.6 Å². The predicted molar refractivity (Wildman–Crippen MR) is 107 cm³/mol. The molecular weight excluding hydrogens is 394 g/mol. The van der Waals surface area contributed by atoms with Crippen LogP contribution in [0.3, 0.4) is 0 Å². The number of halogens is 1. The molecule has 0 spiro atoms. The van der Waals surface area contributed by atoms with Gasteiger partial charge in [-0.1, -0.05) is 0 Å². The van der Waals surface area contributed by atoms with Gasteiger partial charge >= 0.3 is 5.97 Å². The van der Waals surface area contributed by atoms with Gasteiger partial charge in [-0.05, 0) is 69.4 Å². The second-order valence-electron chi connectivity index (χ2n) is 9.29. The highest BCUT2D eigenvalue weighted by atomic mass is 35.5. The van der Waals surface area contributed by atoms with E-state index in [0.717, 1.165) is 25.7 Å². The summed E-state index contributed by atoms with van der Waals surface area (Å²) in [6.45, 7) is 2.60. The number of amides is 1. The maximum absolute atomic E-state index is 13.1. The fourth-order valence-corrected chi connectivity index (χ4v) is 6.79. The average molecular weight is 420 g/mol. The van der Waals surface area contributed by atoms with Crippen LogP contribution < -0.4 is 14.8 Å². The molecule has 1 aliphatic heterocycles. The van der Waals surface area contributed by atoms with Crippen molar-refractivity contribution >= 4 is 29.2 Å². The van der Waals surface area contributed by atoms with Crippen molar-refractivity contribution in [3.63, 3.8) is 0 Å². The van der Waals surface area contributed by atoms with Crippen LogP contribution in [-0.2, 0) is 14.3 Å². The molecule has 1 heterocycles. The first kappa shape index (κ1) is 19.0. The highest BCUT2D eigenvalue weighted by molar-refractivity contribution is 6.24. The summed E-state index contributed by atoms with van der Waals surface area (Å²) in [5, 5.41) is 2.80. The first-order valence-corrected chi connectivity index (χ1v) is 10.8. The third-order valence-corrected chi connectivity index (χ3v) is 7.33. The molecule has 3 atom stereocenters. The molecule has 7 heteroatoms. The van der Waals surface area contributed by atoms with Gasteiger partial charge in [0.2, 0.25) is 0 Å². The Kier molecular flexibility index (Phi) is 4.46. The van der Waals surface area contributed by atoms with E-state index in [-0.39, 0.29) is 16.8 Å². The number of ether oxygens (including phenoxy) is 3. The molecule has 4 fully saturated rings. The molecule has 6 nitrogen and oxygen atoms in total. The normalized spacial score (nSPS) is 35.1. The van der Waals surface area contributed by atoms with E-state index in [1.807, 2.05) is 0 Å². The van der Waals surface area contributed by atoms with Gasteiger partial charge in [0.1, 0.15) is 13.2 Å². The van der Waals surface area contributed by atoms with Gasteiger partial charge in [-0.3, -0.25) is 9.59 Å². The molecular formula is C22H26ClNO5. The van der Waals surface area contributed by atoms with Crippen LogP contribution in [0.2, 0.25) is 0 Å². The second kappa shape index (κ2) is 6.79. The molecule has 5 aliphatic rings. The summed E-state index contributed by atoms with van der Waals surface area (Å²) in [4.78, 5) is 25.5.